The quantitative estimate of drug-likeness (QED) is 0.440. The van der Waals surface area contributed by atoms with Crippen LogP contribution >= 0.6 is 0 Å². The zero-order chi connectivity index (χ0) is 21.6. The fraction of sp³-hybridized carbons (Fsp3) is 0.435. The van der Waals surface area contributed by atoms with Gasteiger partial charge in [0.25, 0.3) is 0 Å². The number of methoxy groups -OCH3 is 1. The first-order valence-electron chi connectivity index (χ1n) is 9.92. The first kappa shape index (κ1) is 22.6. The molecule has 29 heavy (non-hydrogen) atoms. The van der Waals surface area contributed by atoms with Gasteiger partial charge in [-0.25, -0.2) is 0 Å². The number of ether oxygens (including phenoxy) is 2. The minimum atomic E-state index is -0.233. The summed E-state index contributed by atoms with van der Waals surface area (Å²) < 4.78 is 10.8. The Hall–Kier alpha value is -2.73. The minimum Gasteiger partial charge on any atom is -0.494 e. The number of rotatable bonds is 9. The monoisotopic (exact) mass is 399 g/mol. The van der Waals surface area contributed by atoms with Crippen LogP contribution in [0.2, 0.25) is 0 Å². The Morgan fingerprint density at radius 3 is 2.52 bits per heavy atom. The van der Waals surface area contributed by atoms with Crippen LogP contribution in [0, 0.1) is 13.8 Å². The lowest BCUT2D eigenvalue weighted by Crippen LogP contribution is -2.15. The number of nitrogens with one attached hydrogen (secondary N) is 2. The first-order chi connectivity index (χ1) is 13.9. The summed E-state index contributed by atoms with van der Waals surface area (Å²) >= 11 is 0. The van der Waals surface area contributed by atoms with Crippen molar-refractivity contribution in [3.63, 3.8) is 0 Å². The van der Waals surface area contributed by atoms with Crippen molar-refractivity contribution >= 4 is 17.3 Å². The van der Waals surface area contributed by atoms with E-state index >= 15 is 0 Å². The van der Waals surface area contributed by atoms with E-state index in [0.29, 0.717) is 18.0 Å². The highest BCUT2D eigenvalue weighted by molar-refractivity contribution is 5.79. The second-order valence-electron chi connectivity index (χ2n) is 7.11. The van der Waals surface area contributed by atoms with Crippen LogP contribution in [0.4, 0.5) is 11.4 Å². The lowest BCUT2D eigenvalue weighted by Gasteiger charge is -2.24. The number of carbonyl (C=O) groups is 1. The van der Waals surface area contributed by atoms with E-state index < -0.39 is 0 Å². The van der Waals surface area contributed by atoms with E-state index in [-0.39, 0.29) is 18.3 Å². The van der Waals surface area contributed by atoms with Gasteiger partial charge in [0.15, 0.2) is 0 Å². The summed E-state index contributed by atoms with van der Waals surface area (Å²) in [5.41, 5.74) is 13.1. The molecule has 0 heterocycles. The largest absolute Gasteiger partial charge is 0.494 e. The van der Waals surface area contributed by atoms with Gasteiger partial charge in [0, 0.05) is 19.5 Å². The molecule has 1 unspecified atom stereocenters. The van der Waals surface area contributed by atoms with Crippen molar-refractivity contribution < 1.29 is 14.3 Å². The molecule has 0 bridgehead atoms. The number of benzene rings is 2. The second kappa shape index (κ2) is 10.2. The zero-order valence-electron chi connectivity index (χ0n) is 18.3. The zero-order valence-corrected chi connectivity index (χ0v) is 18.3. The summed E-state index contributed by atoms with van der Waals surface area (Å²) in [6.07, 6.45) is 0.234. The molecule has 0 aliphatic carbocycles. The number of hydrogen-bond donors (Lipinski definition) is 3. The van der Waals surface area contributed by atoms with Gasteiger partial charge < -0.3 is 25.8 Å². The highest BCUT2D eigenvalue weighted by atomic mass is 16.5. The molecule has 0 fully saturated rings. The number of nitrogens with two attached hydrogens (primary N) is 1. The van der Waals surface area contributed by atoms with Gasteiger partial charge in [-0.15, -0.1) is 0 Å². The lowest BCUT2D eigenvalue weighted by atomic mass is 9.83. The van der Waals surface area contributed by atoms with Crippen LogP contribution < -0.4 is 21.1 Å². The molecule has 0 amide bonds. The summed E-state index contributed by atoms with van der Waals surface area (Å²) in [6, 6.07) is 8.30. The minimum absolute atomic E-state index is 0.188. The van der Waals surface area contributed by atoms with Crippen molar-refractivity contribution in [3.8, 4) is 5.75 Å². The number of carbonyl (C=O) groups excluding carboxylic acids is 1. The Balaban J connectivity index is 2.65. The van der Waals surface area contributed by atoms with Gasteiger partial charge in [0.2, 0.25) is 0 Å². The molecule has 6 heteroatoms. The van der Waals surface area contributed by atoms with Gasteiger partial charge in [-0.1, -0.05) is 18.2 Å². The van der Waals surface area contributed by atoms with Crippen molar-refractivity contribution in [2.24, 2.45) is 0 Å². The molecule has 2 aromatic rings. The number of anilines is 2. The normalized spacial score (nSPS) is 11.8. The van der Waals surface area contributed by atoms with Gasteiger partial charge in [-0.2, -0.15) is 0 Å². The molecule has 0 saturated heterocycles. The summed E-state index contributed by atoms with van der Waals surface area (Å²) in [6.45, 7) is 7.00. The van der Waals surface area contributed by atoms with Crippen molar-refractivity contribution in [1.82, 2.24) is 5.32 Å². The van der Waals surface area contributed by atoms with Crippen molar-refractivity contribution in [2.75, 3.05) is 38.9 Å². The van der Waals surface area contributed by atoms with Crippen molar-refractivity contribution in [2.45, 2.75) is 39.7 Å². The molecule has 2 rings (SSSR count). The second-order valence-corrected chi connectivity index (χ2v) is 7.11. The van der Waals surface area contributed by atoms with E-state index in [1.165, 1.54) is 11.1 Å². The fourth-order valence-corrected chi connectivity index (χ4v) is 3.66. The highest BCUT2D eigenvalue weighted by Crippen LogP contribution is 2.41. The average Bonchev–Trinajstić information content (AvgIpc) is 2.70. The maximum absolute atomic E-state index is 12.4. The van der Waals surface area contributed by atoms with Crippen molar-refractivity contribution in [3.05, 3.63) is 52.1 Å². The Bertz CT molecular complexity index is 865. The SMILES string of the molecule is CCOC(=O)CC(c1ccc(C)c(CNC)c1)c1cc(OC)c(NC)c(N)c1C. The van der Waals surface area contributed by atoms with Crippen LogP contribution in [-0.4, -0.2) is 33.8 Å². The Kier molecular flexibility index (Phi) is 7.91. The molecule has 0 spiro atoms. The molecule has 6 nitrogen and oxygen atoms in total. The number of nitrogen functional groups attached to an aromatic ring is 1. The number of hydrogen-bond acceptors (Lipinski definition) is 6. The lowest BCUT2D eigenvalue weighted by molar-refractivity contribution is -0.143. The summed E-state index contributed by atoms with van der Waals surface area (Å²) in [7, 11) is 5.35. The van der Waals surface area contributed by atoms with Gasteiger partial charge in [0.1, 0.15) is 11.4 Å². The Morgan fingerprint density at radius 1 is 1.21 bits per heavy atom. The third kappa shape index (κ3) is 5.01. The summed E-state index contributed by atoms with van der Waals surface area (Å²) in [4.78, 5) is 12.4. The van der Waals surface area contributed by atoms with E-state index in [4.69, 9.17) is 15.2 Å². The third-order valence-corrected chi connectivity index (χ3v) is 5.30. The Morgan fingerprint density at radius 2 is 1.93 bits per heavy atom. The molecule has 0 aromatic heterocycles. The molecule has 1 atom stereocenters. The average molecular weight is 400 g/mol. The predicted molar refractivity (Wildman–Crippen MR) is 119 cm³/mol. The summed E-state index contributed by atoms with van der Waals surface area (Å²) in [5.74, 6) is 0.234. The molecule has 0 aliphatic rings. The van der Waals surface area contributed by atoms with Crippen LogP contribution in [0.1, 0.15) is 47.1 Å². The standard InChI is InChI=1S/C23H33N3O3/c1-7-29-21(27)12-19(16-9-8-14(2)17(10-16)13-25-4)18-11-20(28-6)23(26-5)22(24)15(18)3/h8-11,19,25-26H,7,12-13,24H2,1-6H3. The van der Waals surface area contributed by atoms with E-state index in [2.05, 4.69) is 35.8 Å². The molecule has 158 valence electrons. The Labute approximate surface area is 173 Å². The predicted octanol–water partition coefficient (Wildman–Crippen LogP) is 3.74. The van der Waals surface area contributed by atoms with Gasteiger partial charge in [-0.05, 0) is 61.7 Å². The van der Waals surface area contributed by atoms with Crippen LogP contribution in [0.3, 0.4) is 0 Å². The number of esters is 1. The molecule has 0 radical (unpaired) electrons. The van der Waals surface area contributed by atoms with Crippen LogP contribution in [0.25, 0.3) is 0 Å². The van der Waals surface area contributed by atoms with Crippen LogP contribution in [0.15, 0.2) is 24.3 Å². The number of aryl methyl sites for hydroxylation is 1. The molecule has 2 aromatic carbocycles. The summed E-state index contributed by atoms with van der Waals surface area (Å²) in [5, 5.41) is 6.31. The molecular weight excluding hydrogens is 366 g/mol. The van der Waals surface area contributed by atoms with Crippen LogP contribution in [0.5, 0.6) is 5.75 Å². The molecule has 0 aliphatic heterocycles. The topological polar surface area (TPSA) is 85.6 Å². The molecule has 0 saturated carbocycles. The van der Waals surface area contributed by atoms with E-state index in [9.17, 15) is 4.79 Å². The molecular formula is C23H33N3O3. The smallest absolute Gasteiger partial charge is 0.306 e. The van der Waals surface area contributed by atoms with E-state index in [0.717, 1.165) is 28.9 Å². The van der Waals surface area contributed by atoms with Gasteiger partial charge >= 0.3 is 5.97 Å². The first-order valence-corrected chi connectivity index (χ1v) is 9.92. The molecule has 4 N–H and O–H groups in total. The van der Waals surface area contributed by atoms with E-state index in [1.807, 2.05) is 34.0 Å². The van der Waals surface area contributed by atoms with E-state index in [1.54, 1.807) is 7.11 Å². The third-order valence-electron chi connectivity index (χ3n) is 5.30. The van der Waals surface area contributed by atoms with Gasteiger partial charge in [0.05, 0.1) is 25.8 Å². The van der Waals surface area contributed by atoms with Crippen LogP contribution in [-0.2, 0) is 16.1 Å². The van der Waals surface area contributed by atoms with Crippen molar-refractivity contribution in [1.29, 1.82) is 0 Å². The maximum Gasteiger partial charge on any atom is 0.306 e. The van der Waals surface area contributed by atoms with Gasteiger partial charge in [-0.3, -0.25) is 4.79 Å². The maximum atomic E-state index is 12.4. The fourth-order valence-electron chi connectivity index (χ4n) is 3.66. The highest BCUT2D eigenvalue weighted by Gasteiger charge is 2.25.